The summed E-state index contributed by atoms with van der Waals surface area (Å²) in [7, 11) is -2.09. The highest BCUT2D eigenvalue weighted by Crippen LogP contribution is 2.28. The van der Waals surface area contributed by atoms with Crippen molar-refractivity contribution >= 4 is 39.1 Å². The van der Waals surface area contributed by atoms with Gasteiger partial charge in [-0.05, 0) is 25.1 Å². The van der Waals surface area contributed by atoms with E-state index in [1.807, 2.05) is 11.0 Å². The van der Waals surface area contributed by atoms with Gasteiger partial charge >= 0.3 is 0 Å². The summed E-state index contributed by atoms with van der Waals surface area (Å²) in [6, 6.07) is 5.99. The van der Waals surface area contributed by atoms with E-state index in [-0.39, 0.29) is 41.4 Å². The highest BCUT2D eigenvalue weighted by Gasteiger charge is 2.33. The summed E-state index contributed by atoms with van der Waals surface area (Å²) in [6.07, 6.45) is 0.279. The summed E-state index contributed by atoms with van der Waals surface area (Å²) in [5.74, 6) is -0.0838. The van der Waals surface area contributed by atoms with E-state index in [0.717, 1.165) is 0 Å². The van der Waals surface area contributed by atoms with Crippen LogP contribution >= 0.6 is 23.2 Å². The predicted molar refractivity (Wildman–Crippen MR) is 104 cm³/mol. The second kappa shape index (κ2) is 9.22. The molecule has 1 unspecified atom stereocenters. The molecule has 0 N–H and O–H groups in total. The second-order valence-corrected chi connectivity index (χ2v) is 9.11. The van der Waals surface area contributed by atoms with Crippen LogP contribution in [0.2, 0.25) is 10.0 Å². The van der Waals surface area contributed by atoms with Gasteiger partial charge < -0.3 is 4.90 Å². The number of amides is 1. The number of rotatable bonds is 6. The van der Waals surface area contributed by atoms with E-state index in [1.165, 1.54) is 27.4 Å². The third kappa shape index (κ3) is 5.12. The van der Waals surface area contributed by atoms with Gasteiger partial charge in [0.25, 0.3) is 0 Å². The van der Waals surface area contributed by atoms with Crippen LogP contribution in [0.15, 0.2) is 23.1 Å². The van der Waals surface area contributed by atoms with Crippen molar-refractivity contribution in [2.75, 3.05) is 39.8 Å². The molecule has 1 amide bonds. The number of hydrogen-bond acceptors (Lipinski definition) is 5. The number of halogens is 2. The van der Waals surface area contributed by atoms with Gasteiger partial charge in [-0.15, -0.1) is 0 Å². The molecule has 1 saturated heterocycles. The van der Waals surface area contributed by atoms with Gasteiger partial charge in [0, 0.05) is 44.8 Å². The van der Waals surface area contributed by atoms with Crippen molar-refractivity contribution in [2.45, 2.75) is 24.3 Å². The molecule has 0 aliphatic carbocycles. The monoisotopic (exact) mass is 432 g/mol. The van der Waals surface area contributed by atoms with Crippen molar-refractivity contribution in [2.24, 2.45) is 0 Å². The molecular formula is C17H22Cl2N4O3S. The fraction of sp³-hybridized carbons (Fsp3) is 0.529. The van der Waals surface area contributed by atoms with Crippen LogP contribution in [-0.2, 0) is 14.8 Å². The van der Waals surface area contributed by atoms with E-state index in [2.05, 4.69) is 0 Å². The van der Waals surface area contributed by atoms with Gasteiger partial charge in [0.05, 0.1) is 23.6 Å². The smallest absolute Gasteiger partial charge is 0.244 e. The molecule has 1 aliphatic heterocycles. The van der Waals surface area contributed by atoms with E-state index in [0.29, 0.717) is 24.7 Å². The summed E-state index contributed by atoms with van der Waals surface area (Å²) in [4.78, 5) is 15.9. The number of likely N-dealkylation sites (N-methyl/N-ethyl adjacent to an activating group) is 1. The van der Waals surface area contributed by atoms with Gasteiger partial charge in [0.15, 0.2) is 0 Å². The molecule has 27 heavy (non-hydrogen) atoms. The molecule has 0 spiro atoms. The minimum absolute atomic E-state index is 0.00882. The van der Waals surface area contributed by atoms with E-state index >= 15 is 0 Å². The number of piperazine rings is 1. The molecule has 0 saturated carbocycles. The first kappa shape index (κ1) is 21.9. The van der Waals surface area contributed by atoms with Gasteiger partial charge in [-0.25, -0.2) is 8.42 Å². The van der Waals surface area contributed by atoms with Crippen LogP contribution < -0.4 is 0 Å². The molecule has 1 aromatic carbocycles. The summed E-state index contributed by atoms with van der Waals surface area (Å²) in [6.45, 7) is 3.53. The SMILES string of the molecule is CC(C(=O)N(C)CCC#N)N1CCN(S(=O)(=O)c2cc(Cl)ccc2Cl)CC1. The molecule has 1 aromatic rings. The maximum absolute atomic E-state index is 12.9. The molecule has 2 rings (SSSR count). The van der Waals surface area contributed by atoms with E-state index in [4.69, 9.17) is 28.5 Å². The van der Waals surface area contributed by atoms with Gasteiger partial charge in [0.2, 0.25) is 15.9 Å². The topological polar surface area (TPSA) is 84.7 Å². The maximum atomic E-state index is 12.9. The Bertz CT molecular complexity index is 833. The molecule has 7 nitrogen and oxygen atoms in total. The van der Waals surface area contributed by atoms with Gasteiger partial charge in [0.1, 0.15) is 4.90 Å². The number of sulfonamides is 1. The molecule has 0 aromatic heterocycles. The minimum Gasteiger partial charge on any atom is -0.343 e. The lowest BCUT2D eigenvalue weighted by Gasteiger charge is -2.37. The number of nitriles is 1. The number of carbonyl (C=O) groups excluding carboxylic acids is 1. The lowest BCUT2D eigenvalue weighted by atomic mass is 10.2. The first-order valence-corrected chi connectivity index (χ1v) is 10.7. The highest BCUT2D eigenvalue weighted by molar-refractivity contribution is 7.89. The van der Waals surface area contributed by atoms with Crippen LogP contribution in [0.1, 0.15) is 13.3 Å². The molecule has 1 heterocycles. The van der Waals surface area contributed by atoms with Gasteiger partial charge in [-0.2, -0.15) is 9.57 Å². The molecular weight excluding hydrogens is 411 g/mol. The fourth-order valence-electron chi connectivity index (χ4n) is 2.95. The van der Waals surface area contributed by atoms with Gasteiger partial charge in [-0.1, -0.05) is 23.2 Å². The number of nitrogens with zero attached hydrogens (tertiary/aromatic N) is 4. The van der Waals surface area contributed by atoms with E-state index in [1.54, 1.807) is 14.0 Å². The number of carbonyl (C=O) groups is 1. The second-order valence-electron chi connectivity index (χ2n) is 6.36. The zero-order valence-corrected chi connectivity index (χ0v) is 17.6. The minimum atomic E-state index is -3.75. The molecule has 0 radical (unpaired) electrons. The zero-order chi connectivity index (χ0) is 20.2. The molecule has 10 heteroatoms. The Morgan fingerprint density at radius 1 is 1.30 bits per heavy atom. The molecule has 0 bridgehead atoms. The first-order valence-electron chi connectivity index (χ1n) is 8.49. The Labute approximate surface area is 170 Å². The van der Waals surface area contributed by atoms with Crippen molar-refractivity contribution in [3.63, 3.8) is 0 Å². The summed E-state index contributed by atoms with van der Waals surface area (Å²) < 4.78 is 27.1. The first-order chi connectivity index (χ1) is 12.7. The standard InChI is InChI=1S/C17H22Cl2N4O3S/c1-13(17(24)21(2)7-3-6-20)22-8-10-23(11-9-22)27(25,26)16-12-14(18)4-5-15(16)19/h4-5,12-13H,3,7-11H2,1-2H3. The van der Waals surface area contributed by atoms with Crippen LogP contribution in [-0.4, -0.2) is 74.2 Å². The Kier molecular flexibility index (Phi) is 7.48. The lowest BCUT2D eigenvalue weighted by Crippen LogP contribution is -2.55. The maximum Gasteiger partial charge on any atom is 0.244 e. The molecule has 148 valence electrons. The van der Waals surface area contributed by atoms with Crippen LogP contribution in [0.5, 0.6) is 0 Å². The van der Waals surface area contributed by atoms with Crippen molar-refractivity contribution in [3.8, 4) is 6.07 Å². The Morgan fingerprint density at radius 3 is 2.52 bits per heavy atom. The van der Waals surface area contributed by atoms with Crippen LogP contribution in [0.4, 0.5) is 0 Å². The molecule has 1 fully saturated rings. The van der Waals surface area contributed by atoms with E-state index in [9.17, 15) is 13.2 Å². The largest absolute Gasteiger partial charge is 0.343 e. The van der Waals surface area contributed by atoms with Crippen molar-refractivity contribution in [1.82, 2.24) is 14.1 Å². The third-order valence-corrected chi connectivity index (χ3v) is 7.24. The van der Waals surface area contributed by atoms with Crippen LogP contribution in [0.25, 0.3) is 0 Å². The normalized spacial score (nSPS) is 17.3. The Morgan fingerprint density at radius 2 is 1.93 bits per heavy atom. The summed E-state index contributed by atoms with van der Waals surface area (Å²) in [5.41, 5.74) is 0. The van der Waals surface area contributed by atoms with E-state index < -0.39 is 10.0 Å². The van der Waals surface area contributed by atoms with Crippen LogP contribution in [0, 0.1) is 11.3 Å². The lowest BCUT2D eigenvalue weighted by molar-refractivity contribution is -0.135. The highest BCUT2D eigenvalue weighted by atomic mass is 35.5. The Hall–Kier alpha value is -1.37. The summed E-state index contributed by atoms with van der Waals surface area (Å²) >= 11 is 12.0. The van der Waals surface area contributed by atoms with Gasteiger partial charge in [-0.3, -0.25) is 9.69 Å². The zero-order valence-electron chi connectivity index (χ0n) is 15.2. The van der Waals surface area contributed by atoms with Crippen molar-refractivity contribution < 1.29 is 13.2 Å². The third-order valence-electron chi connectivity index (χ3n) is 4.62. The average Bonchev–Trinajstić information content (AvgIpc) is 2.66. The predicted octanol–water partition coefficient (Wildman–Crippen LogP) is 2.06. The number of benzene rings is 1. The average molecular weight is 433 g/mol. The van der Waals surface area contributed by atoms with Crippen LogP contribution in [0.3, 0.4) is 0 Å². The van der Waals surface area contributed by atoms with Crippen molar-refractivity contribution in [3.05, 3.63) is 28.2 Å². The fourth-order valence-corrected chi connectivity index (χ4v) is 5.11. The Balaban J connectivity index is 2.03. The molecule has 1 atom stereocenters. The summed E-state index contributed by atoms with van der Waals surface area (Å²) in [5, 5.41) is 9.07. The number of hydrogen-bond donors (Lipinski definition) is 0. The van der Waals surface area contributed by atoms with Crippen molar-refractivity contribution in [1.29, 1.82) is 5.26 Å². The quantitative estimate of drug-likeness (QED) is 0.686. The molecule has 1 aliphatic rings.